The summed E-state index contributed by atoms with van der Waals surface area (Å²) in [7, 11) is -1.92. The number of hydrogen-bond acceptors (Lipinski definition) is 6. The number of thiazole rings is 1. The summed E-state index contributed by atoms with van der Waals surface area (Å²) < 4.78 is 26.8. The molecular formula is C22H25N3O3S2. The summed E-state index contributed by atoms with van der Waals surface area (Å²) >= 11 is 1.30. The zero-order valence-corrected chi connectivity index (χ0v) is 18.9. The average Bonchev–Trinajstić information content (AvgIpc) is 3.20. The molecular weight excluding hydrogens is 418 g/mol. The summed E-state index contributed by atoms with van der Waals surface area (Å²) in [5, 5.41) is 3.83. The standard InChI is InChI=1S/C22H25N3O3S2/c1-16-9-4-6-11-18(16)21(26)19-15-24-22(29-19)23-13-8-14-25(3)30(27,28)20-12-7-5-10-17(20)2/h4-7,9-12,15H,8,13-14H2,1-3H3,(H,23,24). The first kappa shape index (κ1) is 22.1. The molecule has 0 aliphatic carbocycles. The quantitative estimate of drug-likeness (QED) is 0.398. The highest BCUT2D eigenvalue weighted by Crippen LogP contribution is 2.23. The number of aromatic nitrogens is 1. The molecule has 0 atom stereocenters. The lowest BCUT2D eigenvalue weighted by molar-refractivity contribution is 0.104. The number of nitrogens with zero attached hydrogens (tertiary/aromatic N) is 2. The molecule has 1 N–H and O–H groups in total. The summed E-state index contributed by atoms with van der Waals surface area (Å²) in [6.45, 7) is 4.64. The lowest BCUT2D eigenvalue weighted by atomic mass is 10.0. The Kier molecular flexibility index (Phi) is 7.02. The molecule has 0 aliphatic rings. The Morgan fingerprint density at radius 2 is 1.73 bits per heavy atom. The van der Waals surface area contributed by atoms with E-state index in [0.29, 0.717) is 40.0 Å². The molecule has 1 aromatic heterocycles. The topological polar surface area (TPSA) is 79.4 Å². The smallest absolute Gasteiger partial charge is 0.243 e. The fourth-order valence-corrected chi connectivity index (χ4v) is 5.28. The molecule has 1 heterocycles. The highest BCUT2D eigenvalue weighted by molar-refractivity contribution is 7.89. The number of anilines is 1. The third-order valence-corrected chi connectivity index (χ3v) is 7.80. The molecule has 0 spiro atoms. The molecule has 0 radical (unpaired) electrons. The van der Waals surface area contributed by atoms with Crippen molar-refractivity contribution >= 4 is 32.3 Å². The van der Waals surface area contributed by atoms with Gasteiger partial charge in [0.1, 0.15) is 0 Å². The van der Waals surface area contributed by atoms with Gasteiger partial charge in [-0.15, -0.1) is 0 Å². The minimum absolute atomic E-state index is 0.0392. The predicted molar refractivity (Wildman–Crippen MR) is 121 cm³/mol. The normalized spacial score (nSPS) is 11.6. The fraction of sp³-hybridized carbons (Fsp3) is 0.273. The fourth-order valence-electron chi connectivity index (χ4n) is 3.05. The van der Waals surface area contributed by atoms with Crippen molar-refractivity contribution in [2.45, 2.75) is 25.2 Å². The van der Waals surface area contributed by atoms with Gasteiger partial charge in [-0.2, -0.15) is 0 Å². The highest BCUT2D eigenvalue weighted by Gasteiger charge is 2.22. The number of ketones is 1. The van der Waals surface area contributed by atoms with E-state index < -0.39 is 10.0 Å². The second-order valence-electron chi connectivity index (χ2n) is 7.05. The van der Waals surface area contributed by atoms with Crippen molar-refractivity contribution in [3.63, 3.8) is 0 Å². The van der Waals surface area contributed by atoms with Gasteiger partial charge in [-0.3, -0.25) is 4.79 Å². The largest absolute Gasteiger partial charge is 0.361 e. The number of carbonyl (C=O) groups excluding carboxylic acids is 1. The van der Waals surface area contributed by atoms with Gasteiger partial charge < -0.3 is 5.32 Å². The zero-order valence-electron chi connectivity index (χ0n) is 17.3. The first-order valence-corrected chi connectivity index (χ1v) is 11.9. The molecule has 0 amide bonds. The molecule has 3 rings (SSSR count). The minimum Gasteiger partial charge on any atom is -0.361 e. The van der Waals surface area contributed by atoms with Crippen LogP contribution in [0.15, 0.2) is 59.6 Å². The second-order valence-corrected chi connectivity index (χ2v) is 10.1. The Balaban J connectivity index is 1.53. The van der Waals surface area contributed by atoms with Crippen molar-refractivity contribution in [2.24, 2.45) is 0 Å². The molecule has 0 bridgehead atoms. The maximum absolute atomic E-state index is 12.7. The molecule has 158 valence electrons. The molecule has 8 heteroatoms. The van der Waals surface area contributed by atoms with E-state index in [4.69, 9.17) is 0 Å². The van der Waals surface area contributed by atoms with Gasteiger partial charge in [0.15, 0.2) is 5.13 Å². The van der Waals surface area contributed by atoms with E-state index in [-0.39, 0.29) is 5.78 Å². The number of benzene rings is 2. The first-order chi connectivity index (χ1) is 14.3. The molecule has 0 saturated carbocycles. The van der Waals surface area contributed by atoms with E-state index in [9.17, 15) is 13.2 Å². The van der Waals surface area contributed by atoms with Crippen molar-refractivity contribution in [3.8, 4) is 0 Å². The van der Waals surface area contributed by atoms with Crippen LogP contribution in [0.2, 0.25) is 0 Å². The number of carbonyl (C=O) groups is 1. The SMILES string of the molecule is Cc1ccccc1C(=O)c1cnc(NCCCN(C)S(=O)(=O)c2ccccc2C)s1. The van der Waals surface area contributed by atoms with E-state index in [1.165, 1.54) is 15.6 Å². The third kappa shape index (κ3) is 4.95. The van der Waals surface area contributed by atoms with Crippen molar-refractivity contribution in [2.75, 3.05) is 25.5 Å². The maximum atomic E-state index is 12.7. The Hall–Kier alpha value is -2.55. The average molecular weight is 444 g/mol. The molecule has 0 saturated heterocycles. The van der Waals surface area contributed by atoms with E-state index >= 15 is 0 Å². The van der Waals surface area contributed by atoms with Crippen LogP contribution in [-0.2, 0) is 10.0 Å². The molecule has 3 aromatic rings. The van der Waals surface area contributed by atoms with Crippen LogP contribution in [-0.4, -0.2) is 43.6 Å². The molecule has 2 aromatic carbocycles. The van der Waals surface area contributed by atoms with Crippen LogP contribution in [0.1, 0.15) is 32.8 Å². The van der Waals surface area contributed by atoms with Crippen LogP contribution in [0.4, 0.5) is 5.13 Å². The van der Waals surface area contributed by atoms with Gasteiger partial charge >= 0.3 is 0 Å². The summed E-state index contributed by atoms with van der Waals surface area (Å²) in [4.78, 5) is 17.8. The molecule has 0 unspecified atom stereocenters. The summed E-state index contributed by atoms with van der Waals surface area (Å²) in [5.74, 6) is -0.0392. The van der Waals surface area contributed by atoms with Crippen LogP contribution >= 0.6 is 11.3 Å². The highest BCUT2D eigenvalue weighted by atomic mass is 32.2. The molecule has 0 fully saturated rings. The zero-order chi connectivity index (χ0) is 21.7. The number of aryl methyl sites for hydroxylation is 2. The van der Waals surface area contributed by atoms with E-state index in [2.05, 4.69) is 10.3 Å². The van der Waals surface area contributed by atoms with Gasteiger partial charge in [-0.25, -0.2) is 17.7 Å². The molecule has 6 nitrogen and oxygen atoms in total. The number of nitrogens with one attached hydrogen (secondary N) is 1. The lowest BCUT2D eigenvalue weighted by Crippen LogP contribution is -2.29. The van der Waals surface area contributed by atoms with Gasteiger partial charge in [0.25, 0.3) is 0 Å². The monoisotopic (exact) mass is 443 g/mol. The number of rotatable bonds is 9. The van der Waals surface area contributed by atoms with Crippen LogP contribution in [0.25, 0.3) is 0 Å². The van der Waals surface area contributed by atoms with Crippen LogP contribution in [0.3, 0.4) is 0 Å². The van der Waals surface area contributed by atoms with E-state index in [1.807, 2.05) is 37.3 Å². The summed E-state index contributed by atoms with van der Waals surface area (Å²) in [6.07, 6.45) is 2.19. The van der Waals surface area contributed by atoms with Gasteiger partial charge in [-0.05, 0) is 37.5 Å². The van der Waals surface area contributed by atoms with Crippen LogP contribution < -0.4 is 5.32 Å². The van der Waals surface area contributed by atoms with Crippen molar-refractivity contribution in [1.82, 2.24) is 9.29 Å². The first-order valence-electron chi connectivity index (χ1n) is 9.62. The Morgan fingerprint density at radius 1 is 1.07 bits per heavy atom. The van der Waals surface area contributed by atoms with Gasteiger partial charge in [-0.1, -0.05) is 53.8 Å². The maximum Gasteiger partial charge on any atom is 0.243 e. The van der Waals surface area contributed by atoms with Crippen molar-refractivity contribution in [1.29, 1.82) is 0 Å². The van der Waals surface area contributed by atoms with Gasteiger partial charge in [0.05, 0.1) is 16.0 Å². The van der Waals surface area contributed by atoms with Crippen LogP contribution in [0.5, 0.6) is 0 Å². The molecule has 30 heavy (non-hydrogen) atoms. The third-order valence-electron chi connectivity index (χ3n) is 4.83. The van der Waals surface area contributed by atoms with Gasteiger partial charge in [0, 0.05) is 25.7 Å². The van der Waals surface area contributed by atoms with E-state index in [0.717, 1.165) is 11.1 Å². The van der Waals surface area contributed by atoms with Crippen molar-refractivity contribution in [3.05, 3.63) is 76.3 Å². The predicted octanol–water partition coefficient (Wildman–Crippen LogP) is 4.11. The van der Waals surface area contributed by atoms with E-state index in [1.54, 1.807) is 38.4 Å². The lowest BCUT2D eigenvalue weighted by Gasteiger charge is -2.18. The molecule has 0 aliphatic heterocycles. The summed E-state index contributed by atoms with van der Waals surface area (Å²) in [6, 6.07) is 14.5. The van der Waals surface area contributed by atoms with Crippen molar-refractivity contribution < 1.29 is 13.2 Å². The number of sulfonamides is 1. The van der Waals surface area contributed by atoms with Crippen LogP contribution in [0, 0.1) is 13.8 Å². The Bertz CT molecular complexity index is 1140. The second kappa shape index (κ2) is 9.51. The Morgan fingerprint density at radius 3 is 2.43 bits per heavy atom. The number of hydrogen-bond donors (Lipinski definition) is 1. The minimum atomic E-state index is -3.51. The van der Waals surface area contributed by atoms with Gasteiger partial charge in [0.2, 0.25) is 15.8 Å². The summed E-state index contributed by atoms with van der Waals surface area (Å²) in [5.41, 5.74) is 2.34. The Labute approximate surface area is 181 Å².